The Balaban J connectivity index is 1.95. The zero-order chi connectivity index (χ0) is 13.0. The van der Waals surface area contributed by atoms with Gasteiger partial charge in [0.2, 0.25) is 5.95 Å². The normalized spacial score (nSPS) is 11.9. The highest BCUT2D eigenvalue weighted by Crippen LogP contribution is 2.11. The van der Waals surface area contributed by atoms with Crippen LogP contribution < -0.4 is 10.1 Å². The van der Waals surface area contributed by atoms with Gasteiger partial charge in [-0.05, 0) is 19.1 Å². The third kappa shape index (κ3) is 2.85. The Morgan fingerprint density at radius 3 is 2.72 bits per heavy atom. The van der Waals surface area contributed by atoms with Gasteiger partial charge in [-0.25, -0.2) is 0 Å². The zero-order valence-electron chi connectivity index (χ0n) is 10.2. The van der Waals surface area contributed by atoms with Gasteiger partial charge in [0.15, 0.2) is 6.10 Å². The molecule has 0 spiro atoms. The highest BCUT2D eigenvalue weighted by molar-refractivity contribution is 5.92. The highest BCUT2D eigenvalue weighted by Gasteiger charge is 2.16. The molecule has 0 radical (unpaired) electrons. The smallest absolute Gasteiger partial charge is 0.267 e. The van der Waals surface area contributed by atoms with Crippen LogP contribution in [0, 0.1) is 0 Å². The number of aryl methyl sites for hydroxylation is 1. The second kappa shape index (κ2) is 5.31. The van der Waals surface area contributed by atoms with Gasteiger partial charge in [0.05, 0.1) is 0 Å². The van der Waals surface area contributed by atoms with Crippen LogP contribution in [0.1, 0.15) is 6.92 Å². The lowest BCUT2D eigenvalue weighted by molar-refractivity contribution is -0.122. The molecule has 0 fully saturated rings. The summed E-state index contributed by atoms with van der Waals surface area (Å²) in [6.07, 6.45) is 0.905. The van der Waals surface area contributed by atoms with Crippen molar-refractivity contribution >= 4 is 11.9 Å². The molecule has 2 aromatic rings. The van der Waals surface area contributed by atoms with Crippen molar-refractivity contribution in [3.63, 3.8) is 0 Å². The van der Waals surface area contributed by atoms with Crippen LogP contribution in [0.15, 0.2) is 36.7 Å². The molecule has 94 valence electrons. The van der Waals surface area contributed by atoms with E-state index < -0.39 is 6.10 Å². The van der Waals surface area contributed by atoms with Crippen LogP contribution in [0.2, 0.25) is 0 Å². The van der Waals surface area contributed by atoms with E-state index in [9.17, 15) is 4.79 Å². The first-order chi connectivity index (χ1) is 8.66. The van der Waals surface area contributed by atoms with Crippen molar-refractivity contribution in [1.29, 1.82) is 0 Å². The summed E-state index contributed by atoms with van der Waals surface area (Å²) in [5.41, 5.74) is 0. The standard InChI is InChI=1S/C12H14N4O2/c1-9(18-10-6-4-3-5-7-10)11(17)14-12-15-13-8-16(12)2/h3-9H,1-2H3,(H,14,15,17)/t9-/m0/s1. The zero-order valence-corrected chi connectivity index (χ0v) is 10.2. The summed E-state index contributed by atoms with van der Waals surface area (Å²) in [7, 11) is 1.75. The summed E-state index contributed by atoms with van der Waals surface area (Å²) in [6, 6.07) is 9.18. The number of hydrogen-bond donors (Lipinski definition) is 1. The molecule has 1 aromatic heterocycles. The van der Waals surface area contributed by atoms with Crippen LogP contribution in [0.3, 0.4) is 0 Å². The first-order valence-corrected chi connectivity index (χ1v) is 5.53. The number of para-hydroxylation sites is 1. The fraction of sp³-hybridized carbons (Fsp3) is 0.250. The summed E-state index contributed by atoms with van der Waals surface area (Å²) < 4.78 is 7.11. The molecule has 0 saturated carbocycles. The molecule has 1 aromatic carbocycles. The van der Waals surface area contributed by atoms with E-state index in [0.717, 1.165) is 0 Å². The van der Waals surface area contributed by atoms with E-state index in [1.165, 1.54) is 6.33 Å². The van der Waals surface area contributed by atoms with Crippen molar-refractivity contribution in [2.24, 2.45) is 7.05 Å². The minimum Gasteiger partial charge on any atom is -0.481 e. The molecule has 0 aliphatic heterocycles. The Morgan fingerprint density at radius 1 is 1.39 bits per heavy atom. The largest absolute Gasteiger partial charge is 0.481 e. The average molecular weight is 246 g/mol. The molecule has 1 heterocycles. The predicted molar refractivity (Wildman–Crippen MR) is 66.2 cm³/mol. The van der Waals surface area contributed by atoms with Crippen molar-refractivity contribution in [3.05, 3.63) is 36.7 Å². The Morgan fingerprint density at radius 2 is 2.11 bits per heavy atom. The monoisotopic (exact) mass is 246 g/mol. The molecule has 1 amide bonds. The fourth-order valence-corrected chi connectivity index (χ4v) is 1.36. The van der Waals surface area contributed by atoms with Gasteiger partial charge in [-0.2, -0.15) is 0 Å². The van der Waals surface area contributed by atoms with Gasteiger partial charge in [-0.3, -0.25) is 10.1 Å². The molecule has 1 atom stereocenters. The summed E-state index contributed by atoms with van der Waals surface area (Å²) >= 11 is 0. The first-order valence-electron chi connectivity index (χ1n) is 5.53. The number of carbonyl (C=O) groups is 1. The maximum absolute atomic E-state index is 11.8. The number of aromatic nitrogens is 3. The first kappa shape index (κ1) is 12.1. The van der Waals surface area contributed by atoms with E-state index in [0.29, 0.717) is 11.7 Å². The molecule has 0 unspecified atom stereocenters. The van der Waals surface area contributed by atoms with Gasteiger partial charge in [0.1, 0.15) is 12.1 Å². The van der Waals surface area contributed by atoms with E-state index in [2.05, 4.69) is 15.5 Å². The summed E-state index contributed by atoms with van der Waals surface area (Å²) in [4.78, 5) is 11.8. The second-order valence-electron chi connectivity index (χ2n) is 3.83. The molecular formula is C12H14N4O2. The Bertz CT molecular complexity index is 524. The van der Waals surface area contributed by atoms with E-state index >= 15 is 0 Å². The van der Waals surface area contributed by atoms with Crippen molar-refractivity contribution in [3.8, 4) is 5.75 Å². The lowest BCUT2D eigenvalue weighted by Crippen LogP contribution is -2.31. The summed E-state index contributed by atoms with van der Waals surface area (Å²) in [6.45, 7) is 1.68. The highest BCUT2D eigenvalue weighted by atomic mass is 16.5. The maximum atomic E-state index is 11.8. The fourth-order valence-electron chi connectivity index (χ4n) is 1.36. The van der Waals surface area contributed by atoms with E-state index in [4.69, 9.17) is 4.74 Å². The predicted octanol–water partition coefficient (Wildman–Crippen LogP) is 1.22. The van der Waals surface area contributed by atoms with Crippen molar-refractivity contribution in [2.45, 2.75) is 13.0 Å². The number of rotatable bonds is 4. The number of ether oxygens (including phenoxy) is 1. The number of benzene rings is 1. The number of nitrogens with zero attached hydrogens (tertiary/aromatic N) is 3. The van der Waals surface area contributed by atoms with Crippen LogP contribution in [0.25, 0.3) is 0 Å². The molecule has 0 aliphatic carbocycles. The maximum Gasteiger partial charge on any atom is 0.267 e. The molecule has 0 bridgehead atoms. The molecule has 0 aliphatic rings. The SMILES string of the molecule is C[C@H](Oc1ccccc1)C(=O)Nc1nncn1C. The summed E-state index contributed by atoms with van der Waals surface area (Å²) in [5.74, 6) is 0.775. The quantitative estimate of drug-likeness (QED) is 0.880. The molecule has 0 saturated heterocycles. The average Bonchev–Trinajstić information content (AvgIpc) is 2.76. The second-order valence-corrected chi connectivity index (χ2v) is 3.83. The minimum atomic E-state index is -0.607. The molecule has 1 N–H and O–H groups in total. The number of nitrogens with one attached hydrogen (secondary N) is 1. The lowest BCUT2D eigenvalue weighted by atomic mass is 10.3. The lowest BCUT2D eigenvalue weighted by Gasteiger charge is -2.13. The van der Waals surface area contributed by atoms with Gasteiger partial charge < -0.3 is 9.30 Å². The van der Waals surface area contributed by atoms with Gasteiger partial charge >= 0.3 is 0 Å². The van der Waals surface area contributed by atoms with E-state index in [1.54, 1.807) is 30.7 Å². The van der Waals surface area contributed by atoms with Crippen LogP contribution in [0.4, 0.5) is 5.95 Å². The van der Waals surface area contributed by atoms with Crippen LogP contribution in [0.5, 0.6) is 5.75 Å². The minimum absolute atomic E-state index is 0.269. The van der Waals surface area contributed by atoms with E-state index in [-0.39, 0.29) is 5.91 Å². The van der Waals surface area contributed by atoms with Gasteiger partial charge in [-0.15, -0.1) is 10.2 Å². The number of carbonyl (C=O) groups excluding carboxylic acids is 1. The molecule has 6 nitrogen and oxygen atoms in total. The Kier molecular flexibility index (Phi) is 3.57. The molecule has 2 rings (SSSR count). The van der Waals surface area contributed by atoms with Gasteiger partial charge in [0, 0.05) is 7.05 Å². The van der Waals surface area contributed by atoms with Gasteiger partial charge in [-0.1, -0.05) is 18.2 Å². The van der Waals surface area contributed by atoms with Crippen molar-refractivity contribution < 1.29 is 9.53 Å². The number of anilines is 1. The van der Waals surface area contributed by atoms with Crippen LogP contribution in [-0.4, -0.2) is 26.8 Å². The van der Waals surface area contributed by atoms with Crippen molar-refractivity contribution in [2.75, 3.05) is 5.32 Å². The molecule has 6 heteroatoms. The topological polar surface area (TPSA) is 69.0 Å². The summed E-state index contributed by atoms with van der Waals surface area (Å²) in [5, 5.41) is 10.1. The van der Waals surface area contributed by atoms with Crippen LogP contribution in [-0.2, 0) is 11.8 Å². The third-order valence-electron chi connectivity index (χ3n) is 2.37. The number of amides is 1. The Labute approximate surface area is 105 Å². The Hall–Kier alpha value is -2.37. The molecular weight excluding hydrogens is 232 g/mol. The van der Waals surface area contributed by atoms with Crippen molar-refractivity contribution in [1.82, 2.24) is 14.8 Å². The van der Waals surface area contributed by atoms with Gasteiger partial charge in [0.25, 0.3) is 5.91 Å². The van der Waals surface area contributed by atoms with E-state index in [1.807, 2.05) is 18.2 Å². The van der Waals surface area contributed by atoms with Crippen LogP contribution >= 0.6 is 0 Å². The molecule has 18 heavy (non-hydrogen) atoms. The number of hydrogen-bond acceptors (Lipinski definition) is 4. The third-order valence-corrected chi connectivity index (χ3v) is 2.37.